The van der Waals surface area contributed by atoms with Crippen molar-refractivity contribution in [3.8, 4) is 0 Å². The fraction of sp³-hybridized carbons (Fsp3) is 0.385. The fourth-order valence-corrected chi connectivity index (χ4v) is 2.27. The Kier molecular flexibility index (Phi) is 5.68. The lowest BCUT2D eigenvalue weighted by Crippen LogP contribution is -2.47. The van der Waals surface area contributed by atoms with Crippen molar-refractivity contribution < 1.29 is 23.5 Å². The molecule has 8 heteroatoms. The quantitative estimate of drug-likeness (QED) is 0.744. The molecule has 0 aliphatic carbocycles. The van der Waals surface area contributed by atoms with E-state index in [1.165, 1.54) is 0 Å². The zero-order valence-corrected chi connectivity index (χ0v) is 12.3. The van der Waals surface area contributed by atoms with Crippen molar-refractivity contribution in [2.75, 3.05) is 11.1 Å². The van der Waals surface area contributed by atoms with Crippen LogP contribution in [0.5, 0.6) is 0 Å². The van der Waals surface area contributed by atoms with Gasteiger partial charge in [-0.15, -0.1) is 11.8 Å². The highest BCUT2D eigenvalue weighted by atomic mass is 32.2. The predicted octanol–water partition coefficient (Wildman–Crippen LogP) is 1.83. The Morgan fingerprint density at radius 2 is 2.05 bits per heavy atom. The van der Waals surface area contributed by atoms with Crippen LogP contribution in [-0.2, 0) is 9.59 Å². The van der Waals surface area contributed by atoms with Crippen molar-refractivity contribution in [3.05, 3.63) is 29.8 Å². The number of nitrogens with one attached hydrogen (secondary N) is 1. The summed E-state index contributed by atoms with van der Waals surface area (Å²) in [5.41, 5.74) is 5.25. The molecule has 0 saturated heterocycles. The maximum Gasteiger partial charge on any atom is 0.321 e. The average Bonchev–Trinajstić information content (AvgIpc) is 2.39. The molecule has 21 heavy (non-hydrogen) atoms. The van der Waals surface area contributed by atoms with Gasteiger partial charge in [-0.05, 0) is 26.0 Å². The minimum Gasteiger partial charge on any atom is -0.480 e. The van der Waals surface area contributed by atoms with E-state index in [9.17, 15) is 18.4 Å². The predicted molar refractivity (Wildman–Crippen MR) is 77.1 cm³/mol. The number of benzene rings is 1. The maximum absolute atomic E-state index is 13.4. The summed E-state index contributed by atoms with van der Waals surface area (Å²) < 4.78 is 25.4. The van der Waals surface area contributed by atoms with Crippen molar-refractivity contribution in [1.82, 2.24) is 0 Å². The highest BCUT2D eigenvalue weighted by Crippen LogP contribution is 2.27. The number of amides is 1. The second-order valence-corrected chi connectivity index (χ2v) is 6.51. The summed E-state index contributed by atoms with van der Waals surface area (Å²) >= 11 is 1.02. The van der Waals surface area contributed by atoms with Gasteiger partial charge in [0.1, 0.15) is 17.7 Å². The van der Waals surface area contributed by atoms with E-state index < -0.39 is 34.3 Å². The molecule has 0 unspecified atom stereocenters. The van der Waals surface area contributed by atoms with Crippen molar-refractivity contribution in [2.24, 2.45) is 5.73 Å². The third-order valence-electron chi connectivity index (χ3n) is 2.79. The van der Waals surface area contributed by atoms with E-state index in [4.69, 9.17) is 10.8 Å². The Morgan fingerprint density at radius 3 is 2.62 bits per heavy atom. The number of aliphatic carboxylic acids is 1. The SMILES string of the molecule is CC(C)(SCC(=O)Nc1cc(F)ccc1F)[C@H](N)C(=O)O. The van der Waals surface area contributed by atoms with Crippen LogP contribution in [0.4, 0.5) is 14.5 Å². The Labute approximate surface area is 124 Å². The molecule has 0 radical (unpaired) electrons. The van der Waals surface area contributed by atoms with Crippen LogP contribution >= 0.6 is 11.8 Å². The first-order chi connectivity index (χ1) is 9.63. The summed E-state index contributed by atoms with van der Waals surface area (Å²) in [5, 5.41) is 11.1. The summed E-state index contributed by atoms with van der Waals surface area (Å²) in [6, 6.07) is 1.56. The van der Waals surface area contributed by atoms with E-state index >= 15 is 0 Å². The summed E-state index contributed by atoms with van der Waals surface area (Å²) in [5.74, 6) is -3.31. The third-order valence-corrected chi connectivity index (χ3v) is 4.20. The molecule has 1 amide bonds. The molecule has 116 valence electrons. The van der Waals surface area contributed by atoms with Gasteiger partial charge in [-0.2, -0.15) is 0 Å². The van der Waals surface area contributed by atoms with E-state index in [0.717, 1.165) is 30.0 Å². The first-order valence-corrected chi connectivity index (χ1v) is 6.99. The van der Waals surface area contributed by atoms with Gasteiger partial charge >= 0.3 is 5.97 Å². The van der Waals surface area contributed by atoms with Crippen LogP contribution in [0.3, 0.4) is 0 Å². The highest BCUT2D eigenvalue weighted by Gasteiger charge is 2.33. The van der Waals surface area contributed by atoms with E-state index in [1.54, 1.807) is 13.8 Å². The number of carboxylic acid groups (broad SMARTS) is 1. The average molecular weight is 318 g/mol. The Balaban J connectivity index is 2.62. The number of carbonyl (C=O) groups excluding carboxylic acids is 1. The molecular weight excluding hydrogens is 302 g/mol. The monoisotopic (exact) mass is 318 g/mol. The Morgan fingerprint density at radius 1 is 1.43 bits per heavy atom. The molecule has 4 N–H and O–H groups in total. The van der Waals surface area contributed by atoms with Gasteiger partial charge in [-0.25, -0.2) is 8.78 Å². The number of thioether (sulfide) groups is 1. The molecule has 1 aromatic rings. The topological polar surface area (TPSA) is 92.4 Å². The number of carbonyl (C=O) groups is 2. The molecule has 0 saturated carbocycles. The molecule has 1 atom stereocenters. The van der Waals surface area contributed by atoms with Gasteiger partial charge in [0.25, 0.3) is 0 Å². The first-order valence-electron chi connectivity index (χ1n) is 6.00. The van der Waals surface area contributed by atoms with Crippen LogP contribution in [-0.4, -0.2) is 33.5 Å². The lowest BCUT2D eigenvalue weighted by molar-refractivity contribution is -0.139. The molecule has 0 heterocycles. The van der Waals surface area contributed by atoms with Crippen LogP contribution in [0.25, 0.3) is 0 Å². The van der Waals surface area contributed by atoms with E-state index in [-0.39, 0.29) is 11.4 Å². The van der Waals surface area contributed by atoms with Gasteiger partial charge in [0.15, 0.2) is 0 Å². The number of rotatable bonds is 6. The summed E-state index contributed by atoms with van der Waals surface area (Å²) in [4.78, 5) is 22.5. The van der Waals surface area contributed by atoms with Crippen LogP contribution in [0.15, 0.2) is 18.2 Å². The van der Waals surface area contributed by atoms with Crippen molar-refractivity contribution in [1.29, 1.82) is 0 Å². The van der Waals surface area contributed by atoms with Crippen molar-refractivity contribution in [2.45, 2.75) is 24.6 Å². The van der Waals surface area contributed by atoms with E-state index in [0.29, 0.717) is 0 Å². The molecule has 5 nitrogen and oxygen atoms in total. The normalized spacial score (nSPS) is 12.8. The van der Waals surface area contributed by atoms with Gasteiger partial charge in [0, 0.05) is 10.8 Å². The number of carboxylic acids is 1. The van der Waals surface area contributed by atoms with Crippen molar-refractivity contribution in [3.63, 3.8) is 0 Å². The number of hydrogen-bond donors (Lipinski definition) is 3. The first kappa shape index (κ1) is 17.4. The number of hydrogen-bond acceptors (Lipinski definition) is 4. The third kappa shape index (κ3) is 4.98. The fourth-order valence-electron chi connectivity index (χ4n) is 1.42. The molecule has 0 spiro atoms. The summed E-state index contributed by atoms with van der Waals surface area (Å²) in [7, 11) is 0. The van der Waals surface area contributed by atoms with Crippen LogP contribution in [0.1, 0.15) is 13.8 Å². The van der Waals surface area contributed by atoms with Gasteiger partial charge in [-0.3, -0.25) is 9.59 Å². The van der Waals surface area contributed by atoms with Crippen LogP contribution in [0.2, 0.25) is 0 Å². The Hall–Kier alpha value is -1.67. The number of halogens is 2. The standard InChI is InChI=1S/C13H16F2N2O3S/c1-13(2,11(16)12(19)20)21-6-10(18)17-9-5-7(14)3-4-8(9)15/h3-5,11H,6,16H2,1-2H3,(H,17,18)(H,19,20)/t11-/m1/s1. The number of nitrogens with two attached hydrogens (primary N) is 1. The second-order valence-electron chi connectivity index (χ2n) is 4.88. The zero-order valence-electron chi connectivity index (χ0n) is 11.5. The van der Waals surface area contributed by atoms with Crippen molar-refractivity contribution >= 4 is 29.3 Å². The van der Waals surface area contributed by atoms with Gasteiger partial charge in [0.05, 0.1) is 11.4 Å². The molecule has 0 fully saturated rings. The van der Waals surface area contributed by atoms with Gasteiger partial charge in [-0.1, -0.05) is 0 Å². The molecule has 0 aliphatic heterocycles. The molecule has 1 rings (SSSR count). The smallest absolute Gasteiger partial charge is 0.321 e. The Bertz CT molecular complexity index is 552. The lowest BCUT2D eigenvalue weighted by atomic mass is 10.1. The largest absolute Gasteiger partial charge is 0.480 e. The maximum atomic E-state index is 13.4. The van der Waals surface area contributed by atoms with Crippen LogP contribution < -0.4 is 11.1 Å². The second kappa shape index (κ2) is 6.86. The molecule has 0 bridgehead atoms. The van der Waals surface area contributed by atoms with E-state index in [2.05, 4.69) is 5.32 Å². The van der Waals surface area contributed by atoms with E-state index in [1.807, 2.05) is 0 Å². The molecule has 1 aromatic carbocycles. The van der Waals surface area contributed by atoms with Gasteiger partial charge in [0.2, 0.25) is 5.91 Å². The zero-order chi connectivity index (χ0) is 16.2. The van der Waals surface area contributed by atoms with Crippen LogP contribution in [0, 0.1) is 11.6 Å². The van der Waals surface area contributed by atoms with Gasteiger partial charge < -0.3 is 16.2 Å². The molecule has 0 aromatic heterocycles. The summed E-state index contributed by atoms with van der Waals surface area (Å²) in [6.07, 6.45) is 0. The minimum atomic E-state index is -1.18. The molecule has 0 aliphatic rings. The highest BCUT2D eigenvalue weighted by molar-refractivity contribution is 8.01. The summed E-state index contributed by atoms with van der Waals surface area (Å²) in [6.45, 7) is 3.18. The minimum absolute atomic E-state index is 0.135. The lowest BCUT2D eigenvalue weighted by Gasteiger charge is -2.27. The molecular formula is C13H16F2N2O3S. The number of anilines is 1.